The lowest BCUT2D eigenvalue weighted by Crippen LogP contribution is -2.22. The first-order valence-electron chi connectivity index (χ1n) is 9.33. The minimum atomic E-state index is -0.436. The number of esters is 1. The zero-order valence-corrected chi connectivity index (χ0v) is 16.5. The number of benzene rings is 3. The van der Waals surface area contributed by atoms with Crippen LogP contribution >= 0.6 is 0 Å². The number of rotatable bonds is 3. The minimum Gasteiger partial charge on any atom is -0.422 e. The summed E-state index contributed by atoms with van der Waals surface area (Å²) in [5.41, 5.74) is 3.39. The molecule has 0 radical (unpaired) electrons. The molecule has 0 amide bonds. The van der Waals surface area contributed by atoms with E-state index in [-0.39, 0.29) is 5.56 Å². The van der Waals surface area contributed by atoms with Gasteiger partial charge in [-0.1, -0.05) is 30.3 Å². The molecule has 144 valence electrons. The molecule has 0 spiro atoms. The van der Waals surface area contributed by atoms with Gasteiger partial charge in [0.15, 0.2) is 0 Å². The van der Waals surface area contributed by atoms with Gasteiger partial charge < -0.3 is 4.74 Å². The highest BCUT2D eigenvalue weighted by Gasteiger charge is 2.14. The Kier molecular flexibility index (Phi) is 4.72. The lowest BCUT2D eigenvalue weighted by atomic mass is 10.1. The first-order valence-corrected chi connectivity index (χ1v) is 9.33. The van der Waals surface area contributed by atoms with Gasteiger partial charge in [-0.15, -0.1) is 0 Å². The lowest BCUT2D eigenvalue weighted by molar-refractivity contribution is 0.0732. The summed E-state index contributed by atoms with van der Waals surface area (Å²) in [5, 5.41) is 0.552. The van der Waals surface area contributed by atoms with Crippen LogP contribution in [0.25, 0.3) is 16.6 Å². The van der Waals surface area contributed by atoms with E-state index in [9.17, 15) is 9.59 Å². The maximum absolute atomic E-state index is 12.9. The van der Waals surface area contributed by atoms with Gasteiger partial charge in [0.2, 0.25) is 0 Å². The summed E-state index contributed by atoms with van der Waals surface area (Å²) in [4.78, 5) is 30.0. The predicted octanol–water partition coefficient (Wildman–Crippen LogP) is 4.53. The molecule has 0 aliphatic carbocycles. The Morgan fingerprint density at radius 3 is 2.21 bits per heavy atom. The molecule has 0 bridgehead atoms. The molecule has 4 aromatic rings. The molecule has 4 rings (SSSR count). The number of nitrogens with zero attached hydrogens (tertiary/aromatic N) is 2. The average molecular weight is 384 g/mol. The Labute approximate surface area is 168 Å². The monoisotopic (exact) mass is 384 g/mol. The molecule has 29 heavy (non-hydrogen) atoms. The van der Waals surface area contributed by atoms with Crippen LogP contribution in [0.3, 0.4) is 0 Å². The Morgan fingerprint density at radius 2 is 1.52 bits per heavy atom. The SMILES string of the molecule is Cc1cccc(C)c1OC(=O)c1ccc(-n2c(C)nc3ccccc3c2=O)cc1. The molecule has 5 nitrogen and oxygen atoms in total. The van der Waals surface area contributed by atoms with Crippen molar-refractivity contribution >= 4 is 16.9 Å². The molecule has 0 atom stereocenters. The first-order chi connectivity index (χ1) is 14.0. The number of hydrogen-bond acceptors (Lipinski definition) is 4. The van der Waals surface area contributed by atoms with Crippen molar-refractivity contribution in [2.24, 2.45) is 0 Å². The minimum absolute atomic E-state index is 0.140. The van der Waals surface area contributed by atoms with E-state index in [1.54, 1.807) is 41.8 Å². The van der Waals surface area contributed by atoms with E-state index < -0.39 is 5.97 Å². The highest BCUT2D eigenvalue weighted by molar-refractivity contribution is 5.91. The highest BCUT2D eigenvalue weighted by atomic mass is 16.5. The summed E-state index contributed by atoms with van der Waals surface area (Å²) in [5.74, 6) is 0.724. The van der Waals surface area contributed by atoms with Crippen molar-refractivity contribution in [3.8, 4) is 11.4 Å². The van der Waals surface area contributed by atoms with Crippen molar-refractivity contribution in [1.29, 1.82) is 0 Å². The second kappa shape index (κ2) is 7.36. The van der Waals surface area contributed by atoms with E-state index in [4.69, 9.17) is 4.74 Å². The predicted molar refractivity (Wildman–Crippen MR) is 113 cm³/mol. The van der Waals surface area contributed by atoms with Crippen LogP contribution in [-0.2, 0) is 0 Å². The van der Waals surface area contributed by atoms with Gasteiger partial charge in [-0.05, 0) is 68.3 Å². The highest BCUT2D eigenvalue weighted by Crippen LogP contribution is 2.23. The van der Waals surface area contributed by atoms with Gasteiger partial charge in [-0.3, -0.25) is 9.36 Å². The van der Waals surface area contributed by atoms with Crippen LogP contribution in [-0.4, -0.2) is 15.5 Å². The van der Waals surface area contributed by atoms with Gasteiger partial charge in [0.25, 0.3) is 5.56 Å². The Balaban J connectivity index is 1.67. The second-order valence-corrected chi connectivity index (χ2v) is 6.97. The summed E-state index contributed by atoms with van der Waals surface area (Å²) in [6, 6.07) is 19.8. The molecule has 0 saturated carbocycles. The number of para-hydroxylation sites is 2. The van der Waals surface area contributed by atoms with Crippen LogP contribution in [0.4, 0.5) is 0 Å². The van der Waals surface area contributed by atoms with Gasteiger partial charge in [0, 0.05) is 0 Å². The van der Waals surface area contributed by atoms with Crippen LogP contribution in [0.5, 0.6) is 5.75 Å². The molecule has 0 aliphatic heterocycles. The molecule has 0 aliphatic rings. The van der Waals surface area contributed by atoms with Crippen molar-refractivity contribution in [2.45, 2.75) is 20.8 Å². The summed E-state index contributed by atoms with van der Waals surface area (Å²) in [6.45, 7) is 5.60. The fourth-order valence-corrected chi connectivity index (χ4v) is 3.41. The third-order valence-electron chi connectivity index (χ3n) is 4.91. The summed E-state index contributed by atoms with van der Waals surface area (Å²) in [6.07, 6.45) is 0. The van der Waals surface area contributed by atoms with E-state index in [0.29, 0.717) is 33.7 Å². The summed E-state index contributed by atoms with van der Waals surface area (Å²) in [7, 11) is 0. The molecule has 0 unspecified atom stereocenters. The van der Waals surface area contributed by atoms with Crippen molar-refractivity contribution in [2.75, 3.05) is 0 Å². The number of aromatic nitrogens is 2. The number of carbonyl (C=O) groups excluding carboxylic acids is 1. The molecule has 1 aromatic heterocycles. The van der Waals surface area contributed by atoms with Crippen molar-refractivity contribution in [3.63, 3.8) is 0 Å². The van der Waals surface area contributed by atoms with Crippen molar-refractivity contribution in [1.82, 2.24) is 9.55 Å². The van der Waals surface area contributed by atoms with Crippen molar-refractivity contribution < 1.29 is 9.53 Å². The number of ether oxygens (including phenoxy) is 1. The number of fused-ring (bicyclic) bond motifs is 1. The second-order valence-electron chi connectivity index (χ2n) is 6.97. The fraction of sp³-hybridized carbons (Fsp3) is 0.125. The van der Waals surface area contributed by atoms with Gasteiger partial charge in [0.1, 0.15) is 11.6 Å². The third kappa shape index (κ3) is 3.43. The Bertz CT molecular complexity index is 1270. The standard InChI is InChI=1S/C24H20N2O3/c1-15-7-6-8-16(2)22(15)29-24(28)18-11-13-19(14-12-18)26-17(3)25-21-10-5-4-9-20(21)23(26)27/h4-14H,1-3H3. The molecular formula is C24H20N2O3. The van der Waals surface area contributed by atoms with E-state index in [2.05, 4.69) is 4.98 Å². The van der Waals surface area contributed by atoms with Crippen LogP contribution in [0, 0.1) is 20.8 Å². The topological polar surface area (TPSA) is 61.2 Å². The van der Waals surface area contributed by atoms with E-state index in [1.165, 1.54) is 0 Å². The number of carbonyl (C=O) groups is 1. The fourth-order valence-electron chi connectivity index (χ4n) is 3.41. The molecule has 3 aromatic carbocycles. The van der Waals surface area contributed by atoms with Crippen LogP contribution in [0.2, 0.25) is 0 Å². The third-order valence-corrected chi connectivity index (χ3v) is 4.91. The molecule has 1 heterocycles. The zero-order valence-electron chi connectivity index (χ0n) is 16.5. The maximum atomic E-state index is 12.9. The van der Waals surface area contributed by atoms with Crippen LogP contribution < -0.4 is 10.3 Å². The van der Waals surface area contributed by atoms with Gasteiger partial charge in [0.05, 0.1) is 22.2 Å². The van der Waals surface area contributed by atoms with Crippen molar-refractivity contribution in [3.05, 3.63) is 99.6 Å². The van der Waals surface area contributed by atoms with E-state index in [0.717, 1.165) is 11.1 Å². The largest absolute Gasteiger partial charge is 0.422 e. The molecule has 0 saturated heterocycles. The van der Waals surface area contributed by atoms with E-state index >= 15 is 0 Å². The summed E-state index contributed by atoms with van der Waals surface area (Å²) >= 11 is 0. The molecule has 0 fully saturated rings. The maximum Gasteiger partial charge on any atom is 0.343 e. The smallest absolute Gasteiger partial charge is 0.343 e. The quantitative estimate of drug-likeness (QED) is 0.385. The summed E-state index contributed by atoms with van der Waals surface area (Å²) < 4.78 is 7.14. The zero-order chi connectivity index (χ0) is 20.5. The number of hydrogen-bond donors (Lipinski definition) is 0. The Morgan fingerprint density at radius 1 is 0.862 bits per heavy atom. The normalized spacial score (nSPS) is 10.9. The molecule has 5 heteroatoms. The van der Waals surface area contributed by atoms with Gasteiger partial charge in [-0.2, -0.15) is 0 Å². The first kappa shape index (κ1) is 18.6. The van der Waals surface area contributed by atoms with Gasteiger partial charge >= 0.3 is 5.97 Å². The van der Waals surface area contributed by atoms with Crippen LogP contribution in [0.1, 0.15) is 27.3 Å². The van der Waals surface area contributed by atoms with Crippen LogP contribution in [0.15, 0.2) is 71.5 Å². The number of aryl methyl sites for hydroxylation is 3. The molecule has 0 N–H and O–H groups in total. The average Bonchev–Trinajstić information content (AvgIpc) is 2.71. The van der Waals surface area contributed by atoms with Gasteiger partial charge in [-0.25, -0.2) is 9.78 Å². The Hall–Kier alpha value is -3.73. The van der Waals surface area contributed by atoms with E-state index in [1.807, 2.05) is 50.2 Å². The molecular weight excluding hydrogens is 364 g/mol. The lowest BCUT2D eigenvalue weighted by Gasteiger charge is -2.12.